The number of hydrogen-bond donors (Lipinski definition) is 1. The Bertz CT molecular complexity index is 152. The van der Waals surface area contributed by atoms with Gasteiger partial charge in [-0.15, -0.1) is 0 Å². The number of hydrogen-bond acceptors (Lipinski definition) is 1. The molecule has 1 N–H and O–H groups in total. The molecule has 0 saturated heterocycles. The van der Waals surface area contributed by atoms with Crippen LogP contribution < -0.4 is 0 Å². The van der Waals surface area contributed by atoms with Gasteiger partial charge in [0.2, 0.25) is 0 Å². The Hall–Kier alpha value is -0.500. The molecule has 0 radical (unpaired) electrons. The first kappa shape index (κ1) is 10.5. The van der Waals surface area contributed by atoms with Crippen molar-refractivity contribution in [1.82, 2.24) is 0 Å². The van der Waals surface area contributed by atoms with E-state index >= 15 is 0 Å². The molecule has 3 heteroatoms. The van der Waals surface area contributed by atoms with Crippen LogP contribution in [-0.2, 0) is 4.79 Å². The summed E-state index contributed by atoms with van der Waals surface area (Å²) in [5.74, 6) is -1.04. The Morgan fingerprint density at radius 3 is 2.64 bits per heavy atom. The van der Waals surface area contributed by atoms with Crippen molar-refractivity contribution in [2.24, 2.45) is 0 Å². The van der Waals surface area contributed by atoms with Gasteiger partial charge in [-0.1, -0.05) is 37.4 Å². The van der Waals surface area contributed by atoms with Gasteiger partial charge in [-0.05, 0) is 12.8 Å². The molecule has 0 aliphatic heterocycles. The first-order valence-corrected chi connectivity index (χ1v) is 4.15. The minimum absolute atomic E-state index is 0.0684. The molecule has 0 aliphatic rings. The Morgan fingerprint density at radius 2 is 2.18 bits per heavy atom. The molecule has 0 atom stereocenters. The van der Waals surface area contributed by atoms with Crippen LogP contribution in [0.1, 0.15) is 32.6 Å². The third-order valence-corrected chi connectivity index (χ3v) is 1.65. The molecule has 0 heterocycles. The molecule has 0 aliphatic carbocycles. The van der Waals surface area contributed by atoms with Gasteiger partial charge in [-0.3, -0.25) is 0 Å². The van der Waals surface area contributed by atoms with Gasteiger partial charge in [-0.2, -0.15) is 0 Å². The van der Waals surface area contributed by atoms with Gasteiger partial charge in [0, 0.05) is 0 Å². The molecule has 0 unspecified atom stereocenters. The van der Waals surface area contributed by atoms with E-state index in [0.717, 1.165) is 25.7 Å². The Kier molecular flexibility index (Phi) is 5.94. The molecule has 0 amide bonds. The largest absolute Gasteiger partial charge is 0.477 e. The fourth-order valence-corrected chi connectivity index (χ4v) is 0.820. The second kappa shape index (κ2) is 6.23. The molecule has 0 saturated carbocycles. The third kappa shape index (κ3) is 5.92. The predicted octanol–water partition coefficient (Wildman–Crippen LogP) is 2.77. The Morgan fingerprint density at radius 1 is 1.55 bits per heavy atom. The third-order valence-electron chi connectivity index (χ3n) is 1.34. The summed E-state index contributed by atoms with van der Waals surface area (Å²) in [5, 5.41) is 8.27. The van der Waals surface area contributed by atoms with Crippen molar-refractivity contribution >= 4 is 17.6 Å². The second-order valence-corrected chi connectivity index (χ2v) is 2.76. The molecular formula is C8H13ClO2. The van der Waals surface area contributed by atoms with Crippen LogP contribution in [0.3, 0.4) is 0 Å². The lowest BCUT2D eigenvalue weighted by atomic mass is 10.2. The van der Waals surface area contributed by atoms with Gasteiger partial charge in [-0.25, -0.2) is 4.79 Å². The minimum Gasteiger partial charge on any atom is -0.477 e. The fraction of sp³-hybridized carbons (Fsp3) is 0.625. The Labute approximate surface area is 71.9 Å². The van der Waals surface area contributed by atoms with Crippen LogP contribution in [0.2, 0.25) is 0 Å². The molecule has 0 rings (SSSR count). The van der Waals surface area contributed by atoms with Crippen LogP contribution in [0.25, 0.3) is 0 Å². The SMILES string of the molecule is CCCCC/C=C(\Cl)C(=O)O. The van der Waals surface area contributed by atoms with Crippen molar-refractivity contribution in [3.63, 3.8) is 0 Å². The summed E-state index contributed by atoms with van der Waals surface area (Å²) in [6.45, 7) is 2.10. The average Bonchev–Trinajstić information content (AvgIpc) is 1.97. The van der Waals surface area contributed by atoms with Gasteiger partial charge < -0.3 is 5.11 Å². The maximum Gasteiger partial charge on any atom is 0.346 e. The average molecular weight is 177 g/mol. The number of aliphatic carboxylic acids is 1. The number of halogens is 1. The molecule has 64 valence electrons. The lowest BCUT2D eigenvalue weighted by molar-refractivity contribution is -0.131. The van der Waals surface area contributed by atoms with Crippen molar-refractivity contribution in [3.05, 3.63) is 11.1 Å². The highest BCUT2D eigenvalue weighted by molar-refractivity contribution is 6.40. The van der Waals surface area contributed by atoms with E-state index in [-0.39, 0.29) is 5.03 Å². The summed E-state index contributed by atoms with van der Waals surface area (Å²) in [5.41, 5.74) is 0. The van der Waals surface area contributed by atoms with E-state index in [1.165, 1.54) is 0 Å². The summed E-state index contributed by atoms with van der Waals surface area (Å²) in [6.07, 6.45) is 5.59. The van der Waals surface area contributed by atoms with Gasteiger partial charge in [0.05, 0.1) is 0 Å². The van der Waals surface area contributed by atoms with E-state index in [2.05, 4.69) is 6.92 Å². The minimum atomic E-state index is -1.04. The van der Waals surface area contributed by atoms with Crippen LogP contribution >= 0.6 is 11.6 Å². The van der Waals surface area contributed by atoms with Gasteiger partial charge in [0.25, 0.3) is 0 Å². The second-order valence-electron chi connectivity index (χ2n) is 2.35. The first-order chi connectivity index (χ1) is 5.18. The van der Waals surface area contributed by atoms with E-state index in [0.29, 0.717) is 0 Å². The smallest absolute Gasteiger partial charge is 0.346 e. The summed E-state index contributed by atoms with van der Waals surface area (Å²) in [4.78, 5) is 10.2. The van der Waals surface area contributed by atoms with E-state index < -0.39 is 5.97 Å². The van der Waals surface area contributed by atoms with Crippen molar-refractivity contribution in [2.45, 2.75) is 32.6 Å². The summed E-state index contributed by atoms with van der Waals surface area (Å²) >= 11 is 5.36. The molecule has 11 heavy (non-hydrogen) atoms. The van der Waals surface area contributed by atoms with E-state index in [9.17, 15) is 4.79 Å². The fourth-order valence-electron chi connectivity index (χ4n) is 0.710. The summed E-state index contributed by atoms with van der Waals surface area (Å²) in [7, 11) is 0. The van der Waals surface area contributed by atoms with Crippen molar-refractivity contribution in [2.75, 3.05) is 0 Å². The highest BCUT2D eigenvalue weighted by atomic mass is 35.5. The Balaban J connectivity index is 3.48. The molecule has 0 aromatic rings. The van der Waals surface area contributed by atoms with Crippen LogP contribution in [0.5, 0.6) is 0 Å². The number of carboxylic acid groups (broad SMARTS) is 1. The van der Waals surface area contributed by atoms with Crippen LogP contribution in [0, 0.1) is 0 Å². The highest BCUT2D eigenvalue weighted by Crippen LogP contribution is 2.06. The number of carbonyl (C=O) groups is 1. The quantitative estimate of drug-likeness (QED) is 0.517. The maximum atomic E-state index is 10.2. The zero-order valence-corrected chi connectivity index (χ0v) is 7.40. The molecule has 0 aromatic carbocycles. The van der Waals surface area contributed by atoms with E-state index in [1.54, 1.807) is 6.08 Å². The predicted molar refractivity (Wildman–Crippen MR) is 45.7 cm³/mol. The zero-order chi connectivity index (χ0) is 8.69. The first-order valence-electron chi connectivity index (χ1n) is 3.77. The van der Waals surface area contributed by atoms with Crippen LogP contribution in [-0.4, -0.2) is 11.1 Å². The monoisotopic (exact) mass is 176 g/mol. The molecular weight excluding hydrogens is 164 g/mol. The lowest BCUT2D eigenvalue weighted by Crippen LogP contribution is -1.93. The van der Waals surface area contributed by atoms with Crippen molar-refractivity contribution in [3.8, 4) is 0 Å². The van der Waals surface area contributed by atoms with Crippen LogP contribution in [0.15, 0.2) is 11.1 Å². The van der Waals surface area contributed by atoms with Gasteiger partial charge >= 0.3 is 5.97 Å². The standard InChI is InChI=1S/C8H13ClO2/c1-2-3-4-5-6-7(9)8(10)11/h6H,2-5H2,1H3,(H,10,11)/b7-6-. The van der Waals surface area contributed by atoms with Crippen molar-refractivity contribution < 1.29 is 9.90 Å². The normalized spacial score (nSPS) is 11.6. The highest BCUT2D eigenvalue weighted by Gasteiger charge is 1.99. The molecule has 0 spiro atoms. The molecule has 0 aromatic heterocycles. The number of carboxylic acids is 1. The lowest BCUT2D eigenvalue weighted by Gasteiger charge is -1.92. The van der Waals surface area contributed by atoms with Crippen LogP contribution in [0.4, 0.5) is 0 Å². The number of unbranched alkanes of at least 4 members (excludes halogenated alkanes) is 3. The van der Waals surface area contributed by atoms with Gasteiger partial charge in [0.15, 0.2) is 0 Å². The topological polar surface area (TPSA) is 37.3 Å². The molecule has 0 fully saturated rings. The molecule has 0 bridgehead atoms. The van der Waals surface area contributed by atoms with E-state index in [4.69, 9.17) is 16.7 Å². The van der Waals surface area contributed by atoms with E-state index in [1.807, 2.05) is 0 Å². The van der Waals surface area contributed by atoms with Gasteiger partial charge in [0.1, 0.15) is 5.03 Å². The number of allylic oxidation sites excluding steroid dienone is 1. The summed E-state index contributed by atoms with van der Waals surface area (Å²) in [6, 6.07) is 0. The maximum absolute atomic E-state index is 10.2. The number of rotatable bonds is 5. The zero-order valence-electron chi connectivity index (χ0n) is 6.64. The summed E-state index contributed by atoms with van der Waals surface area (Å²) < 4.78 is 0. The van der Waals surface area contributed by atoms with Crippen molar-refractivity contribution in [1.29, 1.82) is 0 Å². The molecule has 2 nitrogen and oxygen atoms in total.